The van der Waals surface area contributed by atoms with Gasteiger partial charge in [-0.05, 0) is 231 Å². The first-order chi connectivity index (χ1) is 40.4. The second-order valence-corrected chi connectivity index (χ2v) is 28.6. The van der Waals surface area contributed by atoms with Gasteiger partial charge in [0, 0.05) is 19.5 Å². The molecule has 3 aromatic carbocycles. The van der Waals surface area contributed by atoms with Crippen LogP contribution in [0.15, 0.2) is 0 Å². The van der Waals surface area contributed by atoms with E-state index in [1.807, 2.05) is 0 Å². The van der Waals surface area contributed by atoms with Gasteiger partial charge >= 0.3 is 0 Å². The Hall–Kier alpha value is -0.0800. The number of nitrogens with one attached hydrogen (secondary N) is 5. The van der Waals surface area contributed by atoms with E-state index in [0.29, 0.717) is 0 Å². The fourth-order valence-electron chi connectivity index (χ4n) is 7.26. The molecule has 0 radical (unpaired) electrons. The minimum Gasteiger partial charge on any atom is -0.394 e. The van der Waals surface area contributed by atoms with Gasteiger partial charge in [-0.2, -0.15) is 0 Å². The highest BCUT2D eigenvalue weighted by atomic mass is 127. The van der Waals surface area contributed by atoms with Crippen molar-refractivity contribution in [3.05, 3.63) is 48.8 Å². The SMILES string of the molecule is CCCC(=O)N(c1c(I)c(NC(=O)C(O)C(O)CO)c(I)c(C(=O)NCC(O)C(C)O)c1I)c1c(I)c(NC(=O)C(O)C(O)CO)c(I)c(C(=O)N(CC(O)C(C)O)c2c(I)c(NC(=O)C(O)C(O)CO)c(I)c(C(=O)NCC(O)C(C)O)c2I)c1I. The third-order valence-electron chi connectivity index (χ3n) is 12.4. The van der Waals surface area contributed by atoms with Crippen LogP contribution in [0.25, 0.3) is 0 Å². The second-order valence-electron chi connectivity index (χ2n) is 18.9. The summed E-state index contributed by atoms with van der Waals surface area (Å²) in [6, 6.07) is 0. The van der Waals surface area contributed by atoms with Gasteiger partial charge in [-0.3, -0.25) is 38.5 Å². The predicted molar refractivity (Wildman–Crippen MR) is 388 cm³/mol. The highest BCUT2D eigenvalue weighted by Gasteiger charge is 2.41. The van der Waals surface area contributed by atoms with Crippen LogP contribution in [0.4, 0.5) is 34.1 Å². The molecule has 0 heterocycles. The number of anilines is 6. The van der Waals surface area contributed by atoms with E-state index in [-0.39, 0.29) is 84.5 Å². The van der Waals surface area contributed by atoms with Crippen molar-refractivity contribution in [3.8, 4) is 0 Å². The monoisotopic (exact) mass is 2240 g/mol. The number of hydrogen-bond donors (Lipinski definition) is 20. The van der Waals surface area contributed by atoms with Crippen molar-refractivity contribution < 1.29 is 110 Å². The Kier molecular flexibility index (Phi) is 34.2. The first kappa shape index (κ1) is 81.2. The zero-order valence-electron chi connectivity index (χ0n) is 45.4. The molecule has 0 saturated carbocycles. The summed E-state index contributed by atoms with van der Waals surface area (Å²) >= 11 is 15.1. The van der Waals surface area contributed by atoms with Gasteiger partial charge in [0.25, 0.3) is 35.4 Å². The van der Waals surface area contributed by atoms with Crippen molar-refractivity contribution in [1.82, 2.24) is 10.6 Å². The van der Waals surface area contributed by atoms with E-state index in [9.17, 15) is 101 Å². The topological polar surface area (TPSA) is 490 Å². The van der Waals surface area contributed by atoms with Crippen LogP contribution in [0.5, 0.6) is 0 Å². The van der Waals surface area contributed by atoms with Crippen molar-refractivity contribution in [2.24, 2.45) is 0 Å². The van der Waals surface area contributed by atoms with E-state index < -0.39 is 165 Å². The summed E-state index contributed by atoms with van der Waals surface area (Å²) in [6.07, 6.45) is -22.7. The molecule has 20 N–H and O–H groups in total. The molecule has 0 aliphatic rings. The van der Waals surface area contributed by atoms with E-state index in [0.717, 1.165) is 16.7 Å². The third kappa shape index (κ3) is 19.8. The molecule has 486 valence electrons. The Morgan fingerprint density at radius 3 is 1.02 bits per heavy atom. The molecule has 12 unspecified atom stereocenters. The van der Waals surface area contributed by atoms with Gasteiger partial charge in [0.2, 0.25) is 5.91 Å². The molecule has 0 fully saturated rings. The molecule has 3 rings (SSSR count). The quantitative estimate of drug-likeness (QED) is 0.0403. The maximum atomic E-state index is 16.4. The number of aliphatic hydroxyl groups is 15. The Labute approximate surface area is 619 Å². The van der Waals surface area contributed by atoms with Crippen LogP contribution >= 0.6 is 203 Å². The molecular formula is C49H60I9N7O22. The van der Waals surface area contributed by atoms with Crippen molar-refractivity contribution in [2.75, 3.05) is 65.2 Å². The summed E-state index contributed by atoms with van der Waals surface area (Å²) in [7, 11) is 0. The van der Waals surface area contributed by atoms with E-state index in [1.54, 1.807) is 210 Å². The van der Waals surface area contributed by atoms with Gasteiger partial charge in [0.15, 0.2) is 18.3 Å². The number of hydrogen-bond acceptors (Lipinski definition) is 22. The molecule has 0 aliphatic heterocycles. The average Bonchev–Trinajstić information content (AvgIpc) is 0.820. The highest BCUT2D eigenvalue weighted by molar-refractivity contribution is 14.1. The van der Waals surface area contributed by atoms with Gasteiger partial charge in [0.1, 0.15) is 18.3 Å². The molecule has 87 heavy (non-hydrogen) atoms. The van der Waals surface area contributed by atoms with Crippen LogP contribution in [-0.4, -0.2) is 231 Å². The average molecular weight is 2240 g/mol. The highest BCUT2D eigenvalue weighted by Crippen LogP contribution is 2.50. The lowest BCUT2D eigenvalue weighted by Gasteiger charge is -2.34. The van der Waals surface area contributed by atoms with Gasteiger partial charge in [-0.15, -0.1) is 0 Å². The summed E-state index contributed by atoms with van der Waals surface area (Å²) in [5, 5.41) is 168. The minimum absolute atomic E-state index is 0.0702. The Bertz CT molecular complexity index is 3060. The number of amides is 7. The third-order valence-corrected chi connectivity index (χ3v) is 22.0. The summed E-state index contributed by atoms with van der Waals surface area (Å²) in [6.45, 7) is -0.0564. The fraction of sp³-hybridized carbons (Fsp3) is 0.490. The molecule has 0 spiro atoms. The van der Waals surface area contributed by atoms with Gasteiger partial charge in [-0.25, -0.2) is 0 Å². The number of rotatable bonds is 29. The van der Waals surface area contributed by atoms with Crippen LogP contribution in [-0.2, 0) is 19.2 Å². The molecule has 7 amide bonds. The van der Waals surface area contributed by atoms with Gasteiger partial charge in [-0.1, -0.05) is 6.92 Å². The summed E-state index contributed by atoms with van der Waals surface area (Å²) in [5.41, 5.74) is -3.06. The van der Waals surface area contributed by atoms with Crippen molar-refractivity contribution >= 4 is 279 Å². The first-order valence-electron chi connectivity index (χ1n) is 25.2. The fourth-order valence-corrected chi connectivity index (χ4v) is 20.6. The normalized spacial score (nSPS) is 15.7. The molecule has 38 heteroatoms. The molecule has 3 aromatic rings. The lowest BCUT2D eigenvalue weighted by atomic mass is 10.0. The largest absolute Gasteiger partial charge is 0.394 e. The van der Waals surface area contributed by atoms with Crippen LogP contribution in [0, 0.1) is 32.1 Å². The van der Waals surface area contributed by atoms with E-state index in [1.165, 1.54) is 13.8 Å². The smallest absolute Gasteiger partial charge is 0.260 e. The number of benzene rings is 3. The molecular weight excluding hydrogens is 2180 g/mol. The lowest BCUT2D eigenvalue weighted by molar-refractivity contribution is -0.131. The Morgan fingerprint density at radius 1 is 0.414 bits per heavy atom. The molecule has 0 bridgehead atoms. The molecule has 0 saturated heterocycles. The van der Waals surface area contributed by atoms with Crippen molar-refractivity contribution in [3.63, 3.8) is 0 Å². The maximum absolute atomic E-state index is 16.4. The van der Waals surface area contributed by atoms with Crippen molar-refractivity contribution in [2.45, 2.75) is 114 Å². The van der Waals surface area contributed by atoms with E-state index in [2.05, 4.69) is 26.6 Å². The lowest BCUT2D eigenvalue weighted by Crippen LogP contribution is -2.44. The summed E-state index contributed by atoms with van der Waals surface area (Å²) in [5.74, 6) is -8.05. The standard InChI is InChI=1S/C49H60I9N7O22/c1-5-6-22(78)65(39-30(54)24(45(83)60-8-17(73)14(3)70)27(51)36(33(39)57)62-47(85)42(80)20(76)11-67)40-31(55)25(28(52)37(34(40)58)63-48(86)43(81)21(77)12-68)49(87)64(9-18(74)15(4)71)38-29(53)23(44(82)59-7-16(72)13(2)69)26(50)35(32(38)56)61-46(84)41(79)19(75)10-66/h13-21,41-43,66-77,79-81H,5-12H2,1-4H3,(H,59,82)(H,60,83)(H,61,84)(H,62,85)(H,63,86). The zero-order chi connectivity index (χ0) is 66.7. The Balaban J connectivity index is 2.87. The second kappa shape index (κ2) is 36.7. The van der Waals surface area contributed by atoms with Gasteiger partial charge < -0.3 is 108 Å². The number of carbonyl (C=O) groups is 7. The molecule has 0 aromatic heterocycles. The number of nitrogens with zero attached hydrogens (tertiary/aromatic N) is 2. The molecule has 29 nitrogen and oxygen atoms in total. The summed E-state index contributed by atoms with van der Waals surface area (Å²) in [4.78, 5) is 104. The summed E-state index contributed by atoms with van der Waals surface area (Å²) < 4.78 is -1.19. The predicted octanol–water partition coefficient (Wildman–Crippen LogP) is -0.118. The molecule has 12 atom stereocenters. The van der Waals surface area contributed by atoms with Crippen LogP contribution in [0.3, 0.4) is 0 Å². The van der Waals surface area contributed by atoms with Crippen LogP contribution in [0.1, 0.15) is 71.6 Å². The van der Waals surface area contributed by atoms with Crippen LogP contribution < -0.4 is 36.4 Å². The first-order valence-corrected chi connectivity index (χ1v) is 34.9. The minimum atomic E-state index is -2.37. The molecule has 0 aliphatic carbocycles. The Morgan fingerprint density at radius 2 is 0.713 bits per heavy atom. The van der Waals surface area contributed by atoms with E-state index in [4.69, 9.17) is 0 Å². The number of aliphatic hydroxyl groups excluding tert-OH is 15. The van der Waals surface area contributed by atoms with E-state index >= 15 is 9.59 Å². The number of halogens is 9. The maximum Gasteiger partial charge on any atom is 0.260 e. The number of carbonyl (C=O) groups excluding carboxylic acids is 7. The zero-order valence-corrected chi connectivity index (χ0v) is 64.9. The van der Waals surface area contributed by atoms with Crippen LogP contribution in [0.2, 0.25) is 0 Å². The van der Waals surface area contributed by atoms with Gasteiger partial charge in [0.05, 0.1) is 146 Å². The van der Waals surface area contributed by atoms with Crippen molar-refractivity contribution in [1.29, 1.82) is 0 Å².